The van der Waals surface area contributed by atoms with Crippen molar-refractivity contribution in [2.75, 3.05) is 17.7 Å². The fraction of sp³-hybridized carbons (Fsp3) is 0.154. The quantitative estimate of drug-likeness (QED) is 0.847. The van der Waals surface area contributed by atoms with Gasteiger partial charge in [-0.15, -0.1) is 0 Å². The van der Waals surface area contributed by atoms with Crippen LogP contribution >= 0.6 is 15.9 Å². The van der Waals surface area contributed by atoms with E-state index in [2.05, 4.69) is 36.5 Å². The molecule has 0 aliphatic heterocycles. The van der Waals surface area contributed by atoms with Gasteiger partial charge < -0.3 is 10.6 Å². The topological polar surface area (TPSA) is 66.9 Å². The smallest absolute Gasteiger partial charge is 0.229 e. The molecule has 0 saturated carbocycles. The van der Waals surface area contributed by atoms with Gasteiger partial charge in [-0.05, 0) is 25.1 Å². The fourth-order valence-corrected chi connectivity index (χ4v) is 1.93. The van der Waals surface area contributed by atoms with Crippen LogP contribution in [0.5, 0.6) is 0 Å². The minimum Gasteiger partial charge on any atom is -0.373 e. The van der Waals surface area contributed by atoms with E-state index >= 15 is 0 Å². The molecule has 98 valence electrons. The summed E-state index contributed by atoms with van der Waals surface area (Å²) in [5.41, 5.74) is 2.19. The van der Waals surface area contributed by atoms with Gasteiger partial charge in [0.25, 0.3) is 0 Å². The third-order valence-corrected chi connectivity index (χ3v) is 3.21. The van der Waals surface area contributed by atoms with E-state index in [4.69, 9.17) is 0 Å². The largest absolute Gasteiger partial charge is 0.373 e. The molecule has 2 aromatic rings. The van der Waals surface area contributed by atoms with E-state index in [9.17, 15) is 4.79 Å². The maximum atomic E-state index is 10.9. The van der Waals surface area contributed by atoms with Crippen LogP contribution in [-0.4, -0.2) is 23.3 Å². The Hall–Kier alpha value is -1.95. The van der Waals surface area contributed by atoms with Crippen molar-refractivity contribution in [2.24, 2.45) is 0 Å². The van der Waals surface area contributed by atoms with Crippen LogP contribution in [0.1, 0.15) is 16.1 Å². The molecule has 2 N–H and O–H groups in total. The molecule has 0 unspecified atom stereocenters. The summed E-state index contributed by atoms with van der Waals surface area (Å²) in [5, 5.41) is 6.05. The monoisotopic (exact) mass is 320 g/mol. The van der Waals surface area contributed by atoms with Gasteiger partial charge in [0.1, 0.15) is 5.82 Å². The predicted molar refractivity (Wildman–Crippen MR) is 79.1 cm³/mol. The molecule has 0 fully saturated rings. The maximum Gasteiger partial charge on any atom is 0.229 e. The summed E-state index contributed by atoms with van der Waals surface area (Å²) in [7, 11) is 1.80. The zero-order chi connectivity index (χ0) is 13.8. The number of aromatic nitrogens is 2. The van der Waals surface area contributed by atoms with E-state index in [-0.39, 0.29) is 0 Å². The first kappa shape index (κ1) is 13.5. The van der Waals surface area contributed by atoms with Crippen LogP contribution in [0.3, 0.4) is 0 Å². The number of halogens is 1. The second-order valence-corrected chi connectivity index (χ2v) is 4.80. The summed E-state index contributed by atoms with van der Waals surface area (Å²) in [6, 6.07) is 7.24. The Morgan fingerprint density at radius 2 is 2.05 bits per heavy atom. The number of carbonyl (C=O) groups excluding carboxylic acids is 1. The summed E-state index contributed by atoms with van der Waals surface area (Å²) in [6.45, 7) is 1.89. The van der Waals surface area contributed by atoms with E-state index < -0.39 is 0 Å². The van der Waals surface area contributed by atoms with E-state index in [0.29, 0.717) is 11.5 Å². The van der Waals surface area contributed by atoms with Gasteiger partial charge in [-0.2, -0.15) is 4.98 Å². The molecule has 0 aliphatic rings. The predicted octanol–water partition coefficient (Wildman–Crippen LogP) is 3.15. The van der Waals surface area contributed by atoms with Gasteiger partial charge >= 0.3 is 0 Å². The molecule has 1 aromatic carbocycles. The lowest BCUT2D eigenvalue weighted by molar-refractivity contribution is 0.112. The Balaban J connectivity index is 2.30. The van der Waals surface area contributed by atoms with Crippen LogP contribution in [0.4, 0.5) is 17.5 Å². The number of hydrogen-bond acceptors (Lipinski definition) is 5. The molecule has 1 aromatic heterocycles. The molecule has 0 amide bonds. The van der Waals surface area contributed by atoms with Crippen molar-refractivity contribution >= 4 is 39.7 Å². The number of carbonyl (C=O) groups is 1. The average Bonchev–Trinajstić information content (AvgIpc) is 2.40. The van der Waals surface area contributed by atoms with Crippen molar-refractivity contribution in [2.45, 2.75) is 6.92 Å². The number of aryl methyl sites for hydroxylation is 1. The van der Waals surface area contributed by atoms with Crippen molar-refractivity contribution in [3.05, 3.63) is 40.0 Å². The standard InChI is InChI=1S/C13H13BrN4O/c1-8-5-12(15-2)18-13(16-8)17-10-3-4-11(14)9(6-10)7-19/h3-7H,1-2H3,(H2,15,16,17,18). The molecule has 0 radical (unpaired) electrons. The average molecular weight is 321 g/mol. The van der Waals surface area contributed by atoms with Gasteiger partial charge in [-0.25, -0.2) is 4.98 Å². The Kier molecular flexibility index (Phi) is 4.11. The second-order valence-electron chi connectivity index (χ2n) is 3.95. The summed E-state index contributed by atoms with van der Waals surface area (Å²) in [5.74, 6) is 1.23. The van der Waals surface area contributed by atoms with Crippen LogP contribution < -0.4 is 10.6 Å². The van der Waals surface area contributed by atoms with Gasteiger partial charge in [0.15, 0.2) is 6.29 Å². The molecule has 2 rings (SSSR count). The van der Waals surface area contributed by atoms with Gasteiger partial charge in [0.05, 0.1) is 0 Å². The van der Waals surface area contributed by atoms with E-state index in [1.807, 2.05) is 19.1 Å². The van der Waals surface area contributed by atoms with Gasteiger partial charge in [-0.3, -0.25) is 4.79 Å². The molecule has 5 nitrogen and oxygen atoms in total. The Morgan fingerprint density at radius 3 is 2.74 bits per heavy atom. The Bertz CT molecular complexity index is 616. The van der Waals surface area contributed by atoms with Crippen LogP contribution in [-0.2, 0) is 0 Å². The Morgan fingerprint density at radius 1 is 1.26 bits per heavy atom. The highest BCUT2D eigenvalue weighted by Crippen LogP contribution is 2.22. The van der Waals surface area contributed by atoms with Crippen LogP contribution in [0.25, 0.3) is 0 Å². The first-order chi connectivity index (χ1) is 9.12. The highest BCUT2D eigenvalue weighted by Gasteiger charge is 2.04. The summed E-state index contributed by atoms with van der Waals surface area (Å²) in [4.78, 5) is 19.5. The normalized spacial score (nSPS) is 10.1. The SMILES string of the molecule is CNc1cc(C)nc(Nc2ccc(Br)c(C=O)c2)n1. The van der Waals surface area contributed by atoms with Crippen molar-refractivity contribution in [1.82, 2.24) is 9.97 Å². The van der Waals surface area contributed by atoms with Crippen molar-refractivity contribution < 1.29 is 4.79 Å². The third kappa shape index (κ3) is 3.29. The number of nitrogens with one attached hydrogen (secondary N) is 2. The number of nitrogens with zero attached hydrogens (tertiary/aromatic N) is 2. The number of aldehydes is 1. The lowest BCUT2D eigenvalue weighted by atomic mass is 10.2. The van der Waals surface area contributed by atoms with Crippen molar-refractivity contribution in [3.63, 3.8) is 0 Å². The van der Waals surface area contributed by atoms with Crippen LogP contribution in [0, 0.1) is 6.92 Å². The number of hydrogen-bond donors (Lipinski definition) is 2. The number of anilines is 3. The zero-order valence-electron chi connectivity index (χ0n) is 10.6. The van der Waals surface area contributed by atoms with Crippen LogP contribution in [0.15, 0.2) is 28.7 Å². The lowest BCUT2D eigenvalue weighted by Crippen LogP contribution is -2.02. The molecule has 0 atom stereocenters. The van der Waals surface area contributed by atoms with Crippen LogP contribution in [0.2, 0.25) is 0 Å². The summed E-state index contributed by atoms with van der Waals surface area (Å²) >= 11 is 3.31. The van der Waals surface area contributed by atoms with E-state index in [1.54, 1.807) is 19.2 Å². The molecular formula is C13H13BrN4O. The highest BCUT2D eigenvalue weighted by atomic mass is 79.9. The zero-order valence-corrected chi connectivity index (χ0v) is 12.2. The van der Waals surface area contributed by atoms with Gasteiger partial charge in [0.2, 0.25) is 5.95 Å². The molecule has 1 heterocycles. The molecule has 0 spiro atoms. The maximum absolute atomic E-state index is 10.9. The highest BCUT2D eigenvalue weighted by molar-refractivity contribution is 9.10. The first-order valence-electron chi connectivity index (χ1n) is 5.67. The van der Waals surface area contributed by atoms with E-state index in [1.165, 1.54) is 0 Å². The molecule has 0 saturated heterocycles. The van der Waals surface area contributed by atoms with Crippen molar-refractivity contribution in [1.29, 1.82) is 0 Å². The van der Waals surface area contributed by atoms with Gasteiger partial charge in [-0.1, -0.05) is 15.9 Å². The van der Waals surface area contributed by atoms with E-state index in [0.717, 1.165) is 28.0 Å². The minimum atomic E-state index is 0.489. The van der Waals surface area contributed by atoms with Gasteiger partial charge in [0, 0.05) is 34.5 Å². The molecule has 6 heteroatoms. The molecular weight excluding hydrogens is 308 g/mol. The number of benzene rings is 1. The summed E-state index contributed by atoms with van der Waals surface area (Å²) in [6.07, 6.45) is 0.797. The number of rotatable bonds is 4. The minimum absolute atomic E-state index is 0.489. The molecule has 0 bridgehead atoms. The Labute approximate surface area is 119 Å². The summed E-state index contributed by atoms with van der Waals surface area (Å²) < 4.78 is 0.758. The second kappa shape index (κ2) is 5.79. The fourth-order valence-electron chi connectivity index (χ4n) is 1.59. The van der Waals surface area contributed by atoms with Crippen molar-refractivity contribution in [3.8, 4) is 0 Å². The third-order valence-electron chi connectivity index (χ3n) is 2.49. The molecule has 19 heavy (non-hydrogen) atoms. The molecule has 0 aliphatic carbocycles. The first-order valence-corrected chi connectivity index (χ1v) is 6.47. The lowest BCUT2D eigenvalue weighted by Gasteiger charge is -2.08.